The van der Waals surface area contributed by atoms with Gasteiger partial charge < -0.3 is 15.7 Å². The number of para-hydroxylation sites is 1. The molecule has 0 unspecified atom stereocenters. The van der Waals surface area contributed by atoms with Crippen LogP contribution < -0.4 is 10.6 Å². The van der Waals surface area contributed by atoms with Gasteiger partial charge in [-0.2, -0.15) is 0 Å². The first kappa shape index (κ1) is 13.7. The summed E-state index contributed by atoms with van der Waals surface area (Å²) in [6.45, 7) is 6.97. The molecule has 3 N–H and O–H groups in total. The van der Waals surface area contributed by atoms with Crippen LogP contribution in [0.4, 0.5) is 11.4 Å². The number of benzene rings is 1. The van der Waals surface area contributed by atoms with E-state index < -0.39 is 5.97 Å². The molecular formula is C14H21N3O2. The maximum atomic E-state index is 11.1. The van der Waals surface area contributed by atoms with Gasteiger partial charge >= 0.3 is 5.97 Å². The van der Waals surface area contributed by atoms with Crippen LogP contribution in [0.2, 0.25) is 0 Å². The molecule has 2 rings (SSSR count). The van der Waals surface area contributed by atoms with E-state index in [4.69, 9.17) is 10.8 Å². The molecule has 1 aliphatic heterocycles. The smallest absolute Gasteiger partial charge is 0.337 e. The summed E-state index contributed by atoms with van der Waals surface area (Å²) in [5.41, 5.74) is 7.40. The lowest BCUT2D eigenvalue weighted by molar-refractivity contribution is 0.0698. The highest BCUT2D eigenvalue weighted by Crippen LogP contribution is 2.30. The van der Waals surface area contributed by atoms with Crippen molar-refractivity contribution in [3.8, 4) is 0 Å². The SMILES string of the molecule is CN1CCN(c2cccc(C(=O)O)c2N)CC1(C)C. The number of hydrogen-bond donors (Lipinski definition) is 2. The van der Waals surface area contributed by atoms with E-state index >= 15 is 0 Å². The number of aromatic carboxylic acids is 1. The van der Waals surface area contributed by atoms with Gasteiger partial charge in [-0.15, -0.1) is 0 Å². The normalized spacial score (nSPS) is 19.4. The van der Waals surface area contributed by atoms with Gasteiger partial charge in [0.2, 0.25) is 0 Å². The minimum atomic E-state index is -0.979. The minimum Gasteiger partial charge on any atom is -0.478 e. The molecule has 5 heteroatoms. The van der Waals surface area contributed by atoms with Crippen LogP contribution in [0.15, 0.2) is 18.2 Å². The molecule has 5 nitrogen and oxygen atoms in total. The third-order valence-corrected chi connectivity index (χ3v) is 3.97. The van der Waals surface area contributed by atoms with Gasteiger partial charge in [0, 0.05) is 25.2 Å². The Bertz CT molecular complexity index is 499. The molecule has 104 valence electrons. The van der Waals surface area contributed by atoms with Gasteiger partial charge in [-0.05, 0) is 33.0 Å². The standard InChI is InChI=1S/C14H21N3O2/c1-14(2)9-17(8-7-16(14)3)11-6-4-5-10(12(11)15)13(18)19/h4-6H,7-9,15H2,1-3H3,(H,18,19). The molecule has 0 saturated carbocycles. The van der Waals surface area contributed by atoms with Crippen LogP contribution in [0.3, 0.4) is 0 Å². The van der Waals surface area contributed by atoms with Crippen molar-refractivity contribution in [2.24, 2.45) is 0 Å². The third kappa shape index (κ3) is 2.51. The zero-order valence-corrected chi connectivity index (χ0v) is 11.7. The molecule has 1 saturated heterocycles. The van der Waals surface area contributed by atoms with Crippen molar-refractivity contribution in [3.63, 3.8) is 0 Å². The van der Waals surface area contributed by atoms with Crippen molar-refractivity contribution in [3.05, 3.63) is 23.8 Å². The molecule has 0 radical (unpaired) electrons. The number of piperazine rings is 1. The second-order valence-corrected chi connectivity index (χ2v) is 5.70. The lowest BCUT2D eigenvalue weighted by Gasteiger charge is -2.46. The summed E-state index contributed by atoms with van der Waals surface area (Å²) < 4.78 is 0. The van der Waals surface area contributed by atoms with E-state index in [0.29, 0.717) is 5.69 Å². The van der Waals surface area contributed by atoms with Crippen molar-refractivity contribution >= 4 is 17.3 Å². The fourth-order valence-electron chi connectivity index (χ4n) is 2.46. The summed E-state index contributed by atoms with van der Waals surface area (Å²) in [5, 5.41) is 9.13. The van der Waals surface area contributed by atoms with Gasteiger partial charge in [-0.25, -0.2) is 4.79 Å². The van der Waals surface area contributed by atoms with Gasteiger partial charge in [-0.1, -0.05) is 6.07 Å². The summed E-state index contributed by atoms with van der Waals surface area (Å²) in [6.07, 6.45) is 0. The Morgan fingerprint density at radius 2 is 2.05 bits per heavy atom. The molecule has 0 spiro atoms. The largest absolute Gasteiger partial charge is 0.478 e. The third-order valence-electron chi connectivity index (χ3n) is 3.97. The number of nitrogens with two attached hydrogens (primary N) is 1. The molecular weight excluding hydrogens is 242 g/mol. The first-order valence-corrected chi connectivity index (χ1v) is 6.41. The zero-order valence-electron chi connectivity index (χ0n) is 11.7. The lowest BCUT2D eigenvalue weighted by Crippen LogP contribution is -2.57. The second kappa shape index (κ2) is 4.74. The number of rotatable bonds is 2. The number of nitrogen functional groups attached to an aromatic ring is 1. The monoisotopic (exact) mass is 263 g/mol. The molecule has 1 aromatic carbocycles. The molecule has 0 aromatic heterocycles. The van der Waals surface area contributed by atoms with Crippen molar-refractivity contribution in [2.75, 3.05) is 37.3 Å². The van der Waals surface area contributed by atoms with E-state index in [2.05, 4.69) is 30.7 Å². The Kier molecular flexibility index (Phi) is 3.41. The molecule has 19 heavy (non-hydrogen) atoms. The van der Waals surface area contributed by atoms with Crippen molar-refractivity contribution in [1.82, 2.24) is 4.90 Å². The Hall–Kier alpha value is -1.75. The van der Waals surface area contributed by atoms with Crippen LogP contribution in [0.5, 0.6) is 0 Å². The average molecular weight is 263 g/mol. The van der Waals surface area contributed by atoms with Crippen LogP contribution in [-0.2, 0) is 0 Å². The first-order chi connectivity index (χ1) is 8.83. The van der Waals surface area contributed by atoms with Crippen LogP contribution >= 0.6 is 0 Å². The number of nitrogens with zero attached hydrogens (tertiary/aromatic N) is 2. The molecule has 1 aromatic rings. The van der Waals surface area contributed by atoms with E-state index in [1.54, 1.807) is 12.1 Å². The molecule has 0 atom stereocenters. The van der Waals surface area contributed by atoms with Gasteiger partial charge in [0.25, 0.3) is 0 Å². The van der Waals surface area contributed by atoms with Crippen molar-refractivity contribution in [1.29, 1.82) is 0 Å². The summed E-state index contributed by atoms with van der Waals surface area (Å²) >= 11 is 0. The maximum absolute atomic E-state index is 11.1. The Morgan fingerprint density at radius 1 is 1.37 bits per heavy atom. The summed E-state index contributed by atoms with van der Waals surface area (Å²) in [6, 6.07) is 5.19. The fraction of sp³-hybridized carbons (Fsp3) is 0.500. The second-order valence-electron chi connectivity index (χ2n) is 5.70. The summed E-state index contributed by atoms with van der Waals surface area (Å²) in [7, 11) is 2.11. The average Bonchev–Trinajstić information content (AvgIpc) is 2.32. The van der Waals surface area contributed by atoms with E-state index in [1.807, 2.05) is 6.07 Å². The van der Waals surface area contributed by atoms with Crippen LogP contribution in [0.25, 0.3) is 0 Å². The summed E-state index contributed by atoms with van der Waals surface area (Å²) in [4.78, 5) is 15.6. The highest BCUT2D eigenvalue weighted by Gasteiger charge is 2.32. The number of carboxylic acids is 1. The number of likely N-dealkylation sites (N-methyl/N-ethyl adjacent to an activating group) is 1. The number of carbonyl (C=O) groups is 1. The predicted octanol–water partition coefficient (Wildman–Crippen LogP) is 1.50. The zero-order chi connectivity index (χ0) is 14.2. The molecule has 1 fully saturated rings. The van der Waals surface area contributed by atoms with Gasteiger partial charge in [-0.3, -0.25) is 4.90 Å². The van der Waals surface area contributed by atoms with E-state index in [1.165, 1.54) is 0 Å². The first-order valence-electron chi connectivity index (χ1n) is 6.41. The minimum absolute atomic E-state index is 0.0456. The molecule has 1 heterocycles. The Morgan fingerprint density at radius 3 is 2.63 bits per heavy atom. The Labute approximate surface area is 113 Å². The summed E-state index contributed by atoms with van der Waals surface area (Å²) in [5.74, 6) is -0.979. The quantitative estimate of drug-likeness (QED) is 0.791. The van der Waals surface area contributed by atoms with Crippen molar-refractivity contribution in [2.45, 2.75) is 19.4 Å². The molecule has 0 aliphatic carbocycles. The maximum Gasteiger partial charge on any atom is 0.337 e. The predicted molar refractivity (Wildman–Crippen MR) is 76.7 cm³/mol. The number of hydrogen-bond acceptors (Lipinski definition) is 4. The van der Waals surface area contributed by atoms with E-state index in [9.17, 15) is 4.79 Å². The van der Waals surface area contributed by atoms with Crippen LogP contribution in [0, 0.1) is 0 Å². The molecule has 0 bridgehead atoms. The molecule has 1 aliphatic rings. The lowest BCUT2D eigenvalue weighted by atomic mass is 9.98. The molecule has 0 amide bonds. The van der Waals surface area contributed by atoms with Crippen LogP contribution in [-0.4, -0.2) is 48.2 Å². The number of carboxylic acid groups (broad SMARTS) is 1. The highest BCUT2D eigenvalue weighted by atomic mass is 16.4. The van der Waals surface area contributed by atoms with E-state index in [0.717, 1.165) is 25.3 Å². The topological polar surface area (TPSA) is 69.8 Å². The van der Waals surface area contributed by atoms with E-state index in [-0.39, 0.29) is 11.1 Å². The van der Waals surface area contributed by atoms with Crippen molar-refractivity contribution < 1.29 is 9.90 Å². The highest BCUT2D eigenvalue weighted by molar-refractivity contribution is 5.97. The number of anilines is 2. The van der Waals surface area contributed by atoms with Crippen LogP contribution in [0.1, 0.15) is 24.2 Å². The van der Waals surface area contributed by atoms with Gasteiger partial charge in [0.1, 0.15) is 0 Å². The van der Waals surface area contributed by atoms with Gasteiger partial charge in [0.15, 0.2) is 0 Å². The Balaban J connectivity index is 2.33. The fourth-order valence-corrected chi connectivity index (χ4v) is 2.46. The van der Waals surface area contributed by atoms with Gasteiger partial charge in [0.05, 0.1) is 16.9 Å².